The zero-order valence-electron chi connectivity index (χ0n) is 6.99. The van der Waals surface area contributed by atoms with E-state index in [1.807, 2.05) is 0 Å². The van der Waals surface area contributed by atoms with E-state index >= 15 is 0 Å². The number of carbonyl (C=O) groups is 1. The number of hydrogen-bond donors (Lipinski definition) is 4. The van der Waals surface area contributed by atoms with E-state index in [2.05, 4.69) is 4.74 Å². The molecule has 13 heavy (non-hydrogen) atoms. The fraction of sp³-hybridized carbons (Fsp3) is 0.857. The Kier molecular flexibility index (Phi) is 2.99. The summed E-state index contributed by atoms with van der Waals surface area (Å²) in [7, 11) is 0. The molecule has 76 valence electrons. The molecular formula is C7H12O6. The zero-order chi connectivity index (χ0) is 10.2. The van der Waals surface area contributed by atoms with Crippen LogP contribution < -0.4 is 0 Å². The maximum Gasteiger partial charge on any atom is 0.184 e. The van der Waals surface area contributed by atoms with Crippen LogP contribution in [0.1, 0.15) is 6.92 Å². The topological polar surface area (TPSA) is 107 Å². The highest BCUT2D eigenvalue weighted by atomic mass is 16.6. The van der Waals surface area contributed by atoms with E-state index in [-0.39, 0.29) is 0 Å². The Morgan fingerprint density at radius 2 is 1.62 bits per heavy atom. The van der Waals surface area contributed by atoms with E-state index in [0.29, 0.717) is 0 Å². The quantitative estimate of drug-likeness (QED) is 0.362. The van der Waals surface area contributed by atoms with E-state index in [9.17, 15) is 9.90 Å². The molecule has 1 fully saturated rings. The van der Waals surface area contributed by atoms with Gasteiger partial charge in [-0.15, -0.1) is 0 Å². The Bertz CT molecular complexity index is 205. The molecule has 0 spiro atoms. The third-order valence-electron chi connectivity index (χ3n) is 1.99. The summed E-state index contributed by atoms with van der Waals surface area (Å²) >= 11 is 0. The molecule has 0 aromatic rings. The summed E-state index contributed by atoms with van der Waals surface area (Å²) < 4.78 is 4.59. The van der Waals surface area contributed by atoms with Crippen molar-refractivity contribution >= 4 is 5.78 Å². The van der Waals surface area contributed by atoms with Crippen LogP contribution in [-0.4, -0.2) is 56.9 Å². The Balaban J connectivity index is 2.76. The molecule has 1 aliphatic heterocycles. The number of ketones is 1. The lowest BCUT2D eigenvalue weighted by atomic mass is 9.97. The number of aliphatic hydroxyl groups is 4. The van der Waals surface area contributed by atoms with Gasteiger partial charge in [0.05, 0.1) is 0 Å². The minimum Gasteiger partial charge on any atom is -0.387 e. The van der Waals surface area contributed by atoms with Gasteiger partial charge in [0.25, 0.3) is 0 Å². The highest BCUT2D eigenvalue weighted by Crippen LogP contribution is 2.20. The molecule has 0 unspecified atom stereocenters. The minimum absolute atomic E-state index is 0.516. The van der Waals surface area contributed by atoms with Gasteiger partial charge in [0.15, 0.2) is 12.1 Å². The van der Waals surface area contributed by atoms with Crippen LogP contribution in [0.4, 0.5) is 0 Å². The molecular weight excluding hydrogens is 180 g/mol. The van der Waals surface area contributed by atoms with E-state index in [4.69, 9.17) is 15.3 Å². The maximum absolute atomic E-state index is 10.8. The predicted molar refractivity (Wildman–Crippen MR) is 39.6 cm³/mol. The standard InChI is InChI=1S/C7H12O6/c1-2(8)6-4(10)3(9)5(11)7(12)13-6/h3-7,9-12H,1H3/t3-,4+,5-,6-,7-/m0/s1. The van der Waals surface area contributed by atoms with Gasteiger partial charge in [-0.3, -0.25) is 4.79 Å². The Hall–Kier alpha value is -0.530. The molecule has 6 heteroatoms. The summed E-state index contributed by atoms with van der Waals surface area (Å²) in [4.78, 5) is 10.8. The van der Waals surface area contributed by atoms with Crippen LogP contribution in [0.15, 0.2) is 0 Å². The molecule has 0 amide bonds. The molecule has 0 aromatic carbocycles. The van der Waals surface area contributed by atoms with Gasteiger partial charge in [-0.1, -0.05) is 0 Å². The summed E-state index contributed by atoms with van der Waals surface area (Å²) in [5.41, 5.74) is 0. The van der Waals surface area contributed by atoms with Gasteiger partial charge in [-0.2, -0.15) is 0 Å². The smallest absolute Gasteiger partial charge is 0.184 e. The number of ether oxygens (including phenoxy) is 1. The highest BCUT2D eigenvalue weighted by Gasteiger charge is 2.44. The van der Waals surface area contributed by atoms with Crippen LogP contribution in [-0.2, 0) is 9.53 Å². The molecule has 4 N–H and O–H groups in total. The zero-order valence-corrected chi connectivity index (χ0v) is 6.99. The summed E-state index contributed by atoms with van der Waals surface area (Å²) in [6, 6.07) is 0. The van der Waals surface area contributed by atoms with Crippen LogP contribution in [0.2, 0.25) is 0 Å². The highest BCUT2D eigenvalue weighted by molar-refractivity contribution is 5.81. The van der Waals surface area contributed by atoms with Crippen LogP contribution in [0.25, 0.3) is 0 Å². The van der Waals surface area contributed by atoms with Crippen LogP contribution >= 0.6 is 0 Å². The van der Waals surface area contributed by atoms with E-state index in [0.717, 1.165) is 6.92 Å². The van der Waals surface area contributed by atoms with Crippen molar-refractivity contribution in [2.45, 2.75) is 37.6 Å². The van der Waals surface area contributed by atoms with Crippen LogP contribution in [0.5, 0.6) is 0 Å². The van der Waals surface area contributed by atoms with E-state index in [1.165, 1.54) is 0 Å². The lowest BCUT2D eigenvalue weighted by Gasteiger charge is -2.37. The Labute approximate surface area is 74.4 Å². The Morgan fingerprint density at radius 3 is 2.08 bits per heavy atom. The summed E-state index contributed by atoms with van der Waals surface area (Å²) in [5.74, 6) is -0.516. The molecule has 0 aromatic heterocycles. The molecule has 6 nitrogen and oxygen atoms in total. The first-order valence-electron chi connectivity index (χ1n) is 3.83. The Morgan fingerprint density at radius 1 is 1.08 bits per heavy atom. The third-order valence-corrected chi connectivity index (χ3v) is 1.99. The van der Waals surface area contributed by atoms with Gasteiger partial charge < -0.3 is 25.2 Å². The molecule has 1 heterocycles. The second-order valence-electron chi connectivity index (χ2n) is 3.03. The lowest BCUT2D eigenvalue weighted by molar-refractivity contribution is -0.274. The molecule has 5 atom stereocenters. The van der Waals surface area contributed by atoms with Gasteiger partial charge in [0, 0.05) is 0 Å². The van der Waals surface area contributed by atoms with Crippen molar-refractivity contribution in [3.05, 3.63) is 0 Å². The monoisotopic (exact) mass is 192 g/mol. The first-order chi connectivity index (χ1) is 5.95. The molecule has 0 radical (unpaired) electrons. The van der Waals surface area contributed by atoms with Crippen molar-refractivity contribution in [3.8, 4) is 0 Å². The van der Waals surface area contributed by atoms with Crippen molar-refractivity contribution in [1.29, 1.82) is 0 Å². The van der Waals surface area contributed by atoms with Gasteiger partial charge in [0.1, 0.15) is 24.4 Å². The maximum atomic E-state index is 10.8. The van der Waals surface area contributed by atoms with Crippen molar-refractivity contribution in [2.24, 2.45) is 0 Å². The number of carbonyl (C=O) groups excluding carboxylic acids is 1. The van der Waals surface area contributed by atoms with Gasteiger partial charge in [0.2, 0.25) is 0 Å². The van der Waals surface area contributed by atoms with Crippen molar-refractivity contribution < 1.29 is 30.0 Å². The summed E-state index contributed by atoms with van der Waals surface area (Å²) in [6.07, 6.45) is -7.60. The summed E-state index contributed by atoms with van der Waals surface area (Å²) in [6.45, 7) is 1.16. The van der Waals surface area contributed by atoms with E-state index in [1.54, 1.807) is 0 Å². The molecule has 0 aliphatic carbocycles. The van der Waals surface area contributed by atoms with Crippen LogP contribution in [0, 0.1) is 0 Å². The summed E-state index contributed by atoms with van der Waals surface area (Å²) in [5, 5.41) is 36.4. The van der Waals surface area contributed by atoms with Gasteiger partial charge in [-0.05, 0) is 6.92 Å². The molecule has 1 rings (SSSR count). The fourth-order valence-corrected chi connectivity index (χ4v) is 1.20. The normalized spacial score (nSPS) is 46.1. The van der Waals surface area contributed by atoms with Crippen molar-refractivity contribution in [2.75, 3.05) is 0 Å². The molecule has 1 saturated heterocycles. The lowest BCUT2D eigenvalue weighted by Crippen LogP contribution is -2.59. The van der Waals surface area contributed by atoms with Crippen molar-refractivity contribution in [3.63, 3.8) is 0 Å². The SMILES string of the molecule is CC(=O)[C@@H]1O[C@H](O)[C@@H](O)[C@@H](O)[C@H]1O. The second kappa shape index (κ2) is 3.69. The second-order valence-corrected chi connectivity index (χ2v) is 3.03. The molecule has 0 bridgehead atoms. The van der Waals surface area contributed by atoms with Crippen molar-refractivity contribution in [1.82, 2.24) is 0 Å². The number of rotatable bonds is 1. The fourth-order valence-electron chi connectivity index (χ4n) is 1.20. The third kappa shape index (κ3) is 1.87. The largest absolute Gasteiger partial charge is 0.387 e. The average Bonchev–Trinajstić information content (AvgIpc) is 2.07. The first-order valence-corrected chi connectivity index (χ1v) is 3.83. The first kappa shape index (κ1) is 10.6. The number of aliphatic hydroxyl groups excluding tert-OH is 4. The average molecular weight is 192 g/mol. The predicted octanol–water partition coefficient (Wildman–Crippen LogP) is -2.62. The van der Waals surface area contributed by atoms with E-state index < -0.39 is 36.5 Å². The van der Waals surface area contributed by atoms with Crippen LogP contribution in [0.3, 0.4) is 0 Å². The minimum atomic E-state index is -1.65. The van der Waals surface area contributed by atoms with Gasteiger partial charge in [-0.25, -0.2) is 0 Å². The molecule has 0 saturated carbocycles. The number of hydrogen-bond acceptors (Lipinski definition) is 6. The number of Topliss-reactive ketones (excluding diaryl/α,β-unsaturated/α-hetero) is 1. The molecule has 1 aliphatic rings. The van der Waals surface area contributed by atoms with Gasteiger partial charge >= 0.3 is 0 Å².